The number of rotatable bonds is 3. The van der Waals surface area contributed by atoms with Crippen LogP contribution in [0.5, 0.6) is 11.5 Å². The largest absolute Gasteiger partial charge is 0.497 e. The number of H-pyrrole nitrogens is 2. The van der Waals surface area contributed by atoms with Gasteiger partial charge in [0.25, 0.3) is 0 Å². The summed E-state index contributed by atoms with van der Waals surface area (Å²) in [5, 5.41) is 0. The van der Waals surface area contributed by atoms with Crippen LogP contribution in [0.4, 0.5) is 0 Å². The highest BCUT2D eigenvalue weighted by Gasteiger charge is 2.18. The Bertz CT molecular complexity index is 1640. The van der Waals surface area contributed by atoms with Crippen molar-refractivity contribution < 1.29 is 9.47 Å². The van der Waals surface area contributed by atoms with Gasteiger partial charge in [0, 0.05) is 39.3 Å². The van der Waals surface area contributed by atoms with Gasteiger partial charge in [-0.3, -0.25) is 0 Å². The zero-order valence-electron chi connectivity index (χ0n) is 18.8. The first-order valence-electron chi connectivity index (χ1n) is 11.0. The van der Waals surface area contributed by atoms with Gasteiger partial charge < -0.3 is 19.4 Å². The third kappa shape index (κ3) is 3.75. The molecule has 4 aromatic rings. The van der Waals surface area contributed by atoms with E-state index in [0.717, 1.165) is 67.5 Å². The lowest BCUT2D eigenvalue weighted by molar-refractivity contribution is 0.393. The zero-order chi connectivity index (χ0) is 23.1. The van der Waals surface area contributed by atoms with Crippen molar-refractivity contribution in [3.05, 3.63) is 95.1 Å². The number of ether oxygens (including phenoxy) is 2. The second kappa shape index (κ2) is 8.08. The van der Waals surface area contributed by atoms with E-state index >= 15 is 0 Å². The fourth-order valence-electron chi connectivity index (χ4n) is 4.25. The summed E-state index contributed by atoms with van der Waals surface area (Å²) in [6.45, 7) is 0. The van der Waals surface area contributed by atoms with Crippen LogP contribution in [-0.4, -0.2) is 34.2 Å². The van der Waals surface area contributed by atoms with Gasteiger partial charge in [0.2, 0.25) is 0 Å². The molecule has 3 aromatic heterocycles. The zero-order valence-corrected chi connectivity index (χ0v) is 18.8. The summed E-state index contributed by atoms with van der Waals surface area (Å²) in [5.41, 5.74) is 9.32. The summed E-state index contributed by atoms with van der Waals surface area (Å²) in [4.78, 5) is 16.6. The lowest BCUT2D eigenvalue weighted by Crippen LogP contribution is -1.94. The number of nitrogens with zero attached hydrogens (tertiary/aromatic N) is 2. The van der Waals surface area contributed by atoms with Gasteiger partial charge in [0.15, 0.2) is 0 Å². The number of nitrogens with one attached hydrogen (secondary N) is 2. The van der Waals surface area contributed by atoms with E-state index in [1.54, 1.807) is 14.2 Å². The molecule has 0 spiro atoms. The maximum absolute atomic E-state index is 5.68. The van der Waals surface area contributed by atoms with Crippen LogP contribution in [0.3, 0.4) is 0 Å². The Morgan fingerprint density at radius 1 is 0.618 bits per heavy atom. The van der Waals surface area contributed by atoms with Gasteiger partial charge in [-0.25, -0.2) is 9.97 Å². The number of aromatic amines is 2. The van der Waals surface area contributed by atoms with E-state index < -0.39 is 0 Å². The first kappa shape index (κ1) is 20.1. The normalized spacial score (nSPS) is 12.5. The topological polar surface area (TPSA) is 75.8 Å². The lowest BCUT2D eigenvalue weighted by Gasteiger charge is -2.11. The Kier molecular flexibility index (Phi) is 4.77. The van der Waals surface area contributed by atoms with Crippen molar-refractivity contribution in [2.75, 3.05) is 14.2 Å². The number of benzene rings is 1. The summed E-state index contributed by atoms with van der Waals surface area (Å²) in [6, 6.07) is 22.2. The molecule has 166 valence electrons. The van der Waals surface area contributed by atoms with Crippen molar-refractivity contribution in [1.29, 1.82) is 0 Å². The van der Waals surface area contributed by atoms with Crippen LogP contribution in [0, 0.1) is 0 Å². The van der Waals surface area contributed by atoms with Crippen molar-refractivity contribution >= 4 is 45.9 Å². The fourth-order valence-corrected chi connectivity index (χ4v) is 4.25. The molecular weight excluding hydrogens is 424 g/mol. The van der Waals surface area contributed by atoms with Crippen molar-refractivity contribution in [3.63, 3.8) is 0 Å². The van der Waals surface area contributed by atoms with Gasteiger partial charge in [-0.15, -0.1) is 0 Å². The quantitative estimate of drug-likeness (QED) is 0.345. The lowest BCUT2D eigenvalue weighted by atomic mass is 10.0. The predicted octanol–water partition coefficient (Wildman–Crippen LogP) is 6.09. The minimum atomic E-state index is 0.724. The van der Waals surface area contributed by atoms with Crippen LogP contribution in [0.25, 0.3) is 45.9 Å². The van der Waals surface area contributed by atoms with Gasteiger partial charge in [0.05, 0.1) is 37.0 Å². The van der Waals surface area contributed by atoms with Crippen molar-refractivity contribution in [2.24, 2.45) is 0 Å². The molecule has 0 amide bonds. The molecule has 0 saturated heterocycles. The molecule has 8 bridgehead atoms. The molecule has 2 aliphatic heterocycles. The van der Waals surface area contributed by atoms with E-state index in [2.05, 4.69) is 46.4 Å². The number of hydrogen-bond acceptors (Lipinski definition) is 4. The van der Waals surface area contributed by atoms with Crippen LogP contribution < -0.4 is 9.47 Å². The first-order valence-corrected chi connectivity index (χ1v) is 11.0. The Hall–Kier alpha value is -4.58. The molecule has 0 radical (unpaired) electrons. The standard InChI is InChI=1S/C28H22N4O2/c1-33-24-9-10-25(28(16-24)34-2)26-14-23-13-21-6-5-19(30-21)11-17-3-4-18(29-17)12-20-7-8-22(31-20)15-27(26)32-23/h3-16,29-30H,1-2H3. The number of hydrogen-bond donors (Lipinski definition) is 2. The highest BCUT2D eigenvalue weighted by Crippen LogP contribution is 2.36. The third-order valence-electron chi connectivity index (χ3n) is 5.86. The van der Waals surface area contributed by atoms with Crippen molar-refractivity contribution in [3.8, 4) is 11.5 Å². The van der Waals surface area contributed by atoms with Crippen LogP contribution in [-0.2, 0) is 0 Å². The second-order valence-electron chi connectivity index (χ2n) is 8.16. The molecule has 0 atom stereocenters. The summed E-state index contributed by atoms with van der Waals surface area (Å²) in [6.07, 6.45) is 6.09. The van der Waals surface area contributed by atoms with E-state index in [9.17, 15) is 0 Å². The summed E-state index contributed by atoms with van der Waals surface area (Å²) >= 11 is 0. The molecule has 6 heteroatoms. The molecule has 0 unspecified atom stereocenters. The monoisotopic (exact) mass is 446 g/mol. The van der Waals surface area contributed by atoms with E-state index in [0.29, 0.717) is 0 Å². The predicted molar refractivity (Wildman–Crippen MR) is 136 cm³/mol. The van der Waals surface area contributed by atoms with Crippen LogP contribution in [0.2, 0.25) is 0 Å². The molecule has 34 heavy (non-hydrogen) atoms. The average molecular weight is 447 g/mol. The summed E-state index contributed by atoms with van der Waals surface area (Å²) in [7, 11) is 3.31. The van der Waals surface area contributed by atoms with E-state index in [-0.39, 0.29) is 0 Å². The smallest absolute Gasteiger partial charge is 0.130 e. The van der Waals surface area contributed by atoms with Crippen LogP contribution in [0.15, 0.2) is 66.7 Å². The molecule has 2 aliphatic rings. The fraction of sp³-hybridized carbons (Fsp3) is 0.0714. The number of methoxy groups -OCH3 is 2. The molecule has 6 rings (SSSR count). The molecule has 2 N–H and O–H groups in total. The SMILES string of the molecule is COc1ccc(C2=Cc3cc4ccc(cc5ccc(cc6nc(cc2n3)C=C6)[nH]5)[nH]4)c(OC)c1. The Morgan fingerprint density at radius 2 is 1.26 bits per heavy atom. The third-order valence-corrected chi connectivity index (χ3v) is 5.86. The molecule has 0 fully saturated rings. The number of aromatic nitrogens is 4. The average Bonchev–Trinajstić information content (AvgIpc) is 3.64. The van der Waals surface area contributed by atoms with Crippen LogP contribution >= 0.6 is 0 Å². The maximum atomic E-state index is 5.68. The summed E-state index contributed by atoms with van der Waals surface area (Å²) in [5.74, 6) is 1.46. The Morgan fingerprint density at radius 3 is 1.94 bits per heavy atom. The molecular formula is C28H22N4O2. The van der Waals surface area contributed by atoms with Gasteiger partial charge in [-0.05, 0) is 78.9 Å². The minimum Gasteiger partial charge on any atom is -0.497 e. The van der Waals surface area contributed by atoms with Gasteiger partial charge in [-0.2, -0.15) is 0 Å². The van der Waals surface area contributed by atoms with E-state index in [1.807, 2.05) is 48.6 Å². The highest BCUT2D eigenvalue weighted by atomic mass is 16.5. The van der Waals surface area contributed by atoms with Gasteiger partial charge in [0.1, 0.15) is 11.5 Å². The maximum Gasteiger partial charge on any atom is 0.130 e. The molecule has 0 aliphatic carbocycles. The second-order valence-corrected chi connectivity index (χ2v) is 8.16. The molecule has 6 nitrogen and oxygen atoms in total. The molecule has 0 saturated carbocycles. The summed E-state index contributed by atoms with van der Waals surface area (Å²) < 4.78 is 11.1. The Balaban J connectivity index is 1.62. The van der Waals surface area contributed by atoms with Crippen molar-refractivity contribution in [2.45, 2.75) is 0 Å². The first-order chi connectivity index (χ1) is 16.7. The van der Waals surface area contributed by atoms with E-state index in [1.165, 1.54) is 0 Å². The number of fused-ring (bicyclic) bond motifs is 8. The minimum absolute atomic E-state index is 0.724. The van der Waals surface area contributed by atoms with Crippen molar-refractivity contribution in [1.82, 2.24) is 19.9 Å². The molecule has 5 heterocycles. The van der Waals surface area contributed by atoms with Gasteiger partial charge >= 0.3 is 0 Å². The molecule has 1 aromatic carbocycles. The van der Waals surface area contributed by atoms with E-state index in [4.69, 9.17) is 19.4 Å². The Labute approximate surface area is 196 Å². The van der Waals surface area contributed by atoms with Crippen LogP contribution in [0.1, 0.15) is 28.3 Å². The highest BCUT2D eigenvalue weighted by molar-refractivity contribution is 5.95. The van der Waals surface area contributed by atoms with Gasteiger partial charge in [-0.1, -0.05) is 0 Å².